The first kappa shape index (κ1) is 12.5. The molecule has 0 amide bonds. The first-order chi connectivity index (χ1) is 10.3. The SMILES string of the molecule is Fc1ccc(-c2nnc(CNC3CC3)o2)c2ccccc12. The maximum atomic E-state index is 13.8. The summed E-state index contributed by atoms with van der Waals surface area (Å²) in [7, 11) is 0. The van der Waals surface area contributed by atoms with E-state index < -0.39 is 0 Å². The summed E-state index contributed by atoms with van der Waals surface area (Å²) < 4.78 is 19.5. The highest BCUT2D eigenvalue weighted by Gasteiger charge is 2.21. The number of fused-ring (bicyclic) bond motifs is 1. The number of hydrogen-bond donors (Lipinski definition) is 1. The summed E-state index contributed by atoms with van der Waals surface area (Å²) in [6.07, 6.45) is 2.42. The summed E-state index contributed by atoms with van der Waals surface area (Å²) in [6.45, 7) is 0.580. The van der Waals surface area contributed by atoms with E-state index in [2.05, 4.69) is 15.5 Å². The van der Waals surface area contributed by atoms with Crippen molar-refractivity contribution < 1.29 is 8.81 Å². The second-order valence-corrected chi connectivity index (χ2v) is 5.30. The Bertz CT molecular complexity index is 795. The van der Waals surface area contributed by atoms with E-state index in [1.807, 2.05) is 18.2 Å². The minimum atomic E-state index is -0.246. The molecule has 2 aromatic carbocycles. The smallest absolute Gasteiger partial charge is 0.248 e. The van der Waals surface area contributed by atoms with Crippen LogP contribution in [-0.4, -0.2) is 16.2 Å². The van der Waals surface area contributed by atoms with Crippen LogP contribution in [0, 0.1) is 5.82 Å². The molecule has 1 aliphatic carbocycles. The predicted molar refractivity (Wildman–Crippen MR) is 77.1 cm³/mol. The van der Waals surface area contributed by atoms with Crippen LogP contribution < -0.4 is 5.32 Å². The van der Waals surface area contributed by atoms with Gasteiger partial charge in [0.1, 0.15) is 5.82 Å². The maximum absolute atomic E-state index is 13.8. The lowest BCUT2D eigenvalue weighted by Gasteiger charge is -2.03. The van der Waals surface area contributed by atoms with E-state index in [-0.39, 0.29) is 5.82 Å². The van der Waals surface area contributed by atoms with Crippen molar-refractivity contribution in [3.05, 3.63) is 48.1 Å². The largest absolute Gasteiger partial charge is 0.419 e. The summed E-state index contributed by atoms with van der Waals surface area (Å²) >= 11 is 0. The molecule has 0 unspecified atom stereocenters. The molecule has 4 rings (SSSR count). The maximum Gasteiger partial charge on any atom is 0.248 e. The first-order valence-corrected chi connectivity index (χ1v) is 7.04. The van der Waals surface area contributed by atoms with Crippen molar-refractivity contribution >= 4 is 10.8 Å². The Morgan fingerprint density at radius 3 is 2.71 bits per heavy atom. The normalized spacial score (nSPS) is 14.7. The Hall–Kier alpha value is -2.27. The molecule has 5 heteroatoms. The Morgan fingerprint density at radius 1 is 1.10 bits per heavy atom. The average molecular weight is 283 g/mol. The molecule has 21 heavy (non-hydrogen) atoms. The number of aromatic nitrogens is 2. The van der Waals surface area contributed by atoms with Gasteiger partial charge in [0.15, 0.2) is 0 Å². The van der Waals surface area contributed by atoms with Gasteiger partial charge in [-0.1, -0.05) is 24.3 Å². The molecule has 1 aromatic heterocycles. The molecular formula is C16H14FN3O. The molecule has 0 aliphatic heterocycles. The topological polar surface area (TPSA) is 51.0 Å². The van der Waals surface area contributed by atoms with E-state index in [0.717, 1.165) is 10.9 Å². The molecule has 1 saturated carbocycles. The molecule has 0 radical (unpaired) electrons. The number of benzene rings is 2. The van der Waals surface area contributed by atoms with Gasteiger partial charge in [-0.2, -0.15) is 0 Å². The van der Waals surface area contributed by atoms with E-state index in [1.165, 1.54) is 18.9 Å². The van der Waals surface area contributed by atoms with Crippen molar-refractivity contribution in [2.45, 2.75) is 25.4 Å². The monoisotopic (exact) mass is 283 g/mol. The second kappa shape index (κ2) is 4.93. The zero-order chi connectivity index (χ0) is 14.2. The van der Waals surface area contributed by atoms with Gasteiger partial charge in [0, 0.05) is 17.0 Å². The van der Waals surface area contributed by atoms with Gasteiger partial charge in [-0.25, -0.2) is 4.39 Å². The van der Waals surface area contributed by atoms with E-state index >= 15 is 0 Å². The van der Waals surface area contributed by atoms with Crippen molar-refractivity contribution in [3.8, 4) is 11.5 Å². The number of nitrogens with one attached hydrogen (secondary N) is 1. The van der Waals surface area contributed by atoms with Crippen molar-refractivity contribution in [1.29, 1.82) is 0 Å². The summed E-state index contributed by atoms with van der Waals surface area (Å²) in [5.74, 6) is 0.744. The van der Waals surface area contributed by atoms with Gasteiger partial charge in [-0.05, 0) is 30.4 Å². The summed E-state index contributed by atoms with van der Waals surface area (Å²) in [4.78, 5) is 0. The molecule has 1 heterocycles. The van der Waals surface area contributed by atoms with Gasteiger partial charge in [0.05, 0.1) is 6.54 Å². The summed E-state index contributed by atoms with van der Waals surface area (Å²) in [5.41, 5.74) is 0.761. The van der Waals surface area contributed by atoms with E-state index in [4.69, 9.17) is 4.42 Å². The average Bonchev–Trinajstić information content (AvgIpc) is 3.23. The van der Waals surface area contributed by atoms with Crippen LogP contribution >= 0.6 is 0 Å². The highest BCUT2D eigenvalue weighted by atomic mass is 19.1. The fraction of sp³-hybridized carbons (Fsp3) is 0.250. The summed E-state index contributed by atoms with van der Waals surface area (Å²) in [5, 5.41) is 12.8. The number of nitrogens with zero attached hydrogens (tertiary/aromatic N) is 2. The molecule has 1 N–H and O–H groups in total. The van der Waals surface area contributed by atoms with Crippen LogP contribution in [0.15, 0.2) is 40.8 Å². The highest BCUT2D eigenvalue weighted by molar-refractivity contribution is 5.95. The van der Waals surface area contributed by atoms with Gasteiger partial charge in [0.25, 0.3) is 0 Å². The number of rotatable bonds is 4. The van der Waals surface area contributed by atoms with Crippen molar-refractivity contribution in [2.24, 2.45) is 0 Å². The third-order valence-electron chi connectivity index (χ3n) is 3.69. The lowest BCUT2D eigenvalue weighted by Crippen LogP contribution is -2.15. The van der Waals surface area contributed by atoms with Crippen LogP contribution in [0.25, 0.3) is 22.2 Å². The van der Waals surface area contributed by atoms with Crippen LogP contribution in [0.2, 0.25) is 0 Å². The van der Waals surface area contributed by atoms with E-state index in [1.54, 1.807) is 12.1 Å². The first-order valence-electron chi connectivity index (χ1n) is 7.04. The van der Waals surface area contributed by atoms with Crippen LogP contribution in [0.3, 0.4) is 0 Å². The van der Waals surface area contributed by atoms with E-state index in [0.29, 0.717) is 29.8 Å². The molecular weight excluding hydrogens is 269 g/mol. The molecule has 1 aliphatic rings. The Balaban J connectivity index is 1.70. The van der Waals surface area contributed by atoms with Crippen LogP contribution in [-0.2, 0) is 6.54 Å². The standard InChI is InChI=1S/C16H14FN3O/c17-14-8-7-13(11-3-1-2-4-12(11)14)16-20-19-15(21-16)9-18-10-5-6-10/h1-4,7-8,10,18H,5-6,9H2. The number of halogens is 1. The predicted octanol–water partition coefficient (Wildman–Crippen LogP) is 3.28. The lowest BCUT2D eigenvalue weighted by atomic mass is 10.0. The lowest BCUT2D eigenvalue weighted by molar-refractivity contribution is 0.476. The van der Waals surface area contributed by atoms with Crippen molar-refractivity contribution in [2.75, 3.05) is 0 Å². The molecule has 0 saturated heterocycles. The Labute approximate surface area is 121 Å². The molecule has 0 bridgehead atoms. The third-order valence-corrected chi connectivity index (χ3v) is 3.69. The van der Waals surface area contributed by atoms with Gasteiger partial charge < -0.3 is 9.73 Å². The van der Waals surface area contributed by atoms with Gasteiger partial charge in [0.2, 0.25) is 11.8 Å². The van der Waals surface area contributed by atoms with Gasteiger partial charge in [-0.3, -0.25) is 0 Å². The fourth-order valence-corrected chi connectivity index (χ4v) is 2.40. The molecule has 106 valence electrons. The van der Waals surface area contributed by atoms with Crippen molar-refractivity contribution in [3.63, 3.8) is 0 Å². The van der Waals surface area contributed by atoms with Gasteiger partial charge in [-0.15, -0.1) is 10.2 Å². The Morgan fingerprint density at radius 2 is 1.90 bits per heavy atom. The fourth-order valence-electron chi connectivity index (χ4n) is 2.40. The molecule has 4 nitrogen and oxygen atoms in total. The quantitative estimate of drug-likeness (QED) is 0.798. The van der Waals surface area contributed by atoms with E-state index in [9.17, 15) is 4.39 Å². The van der Waals surface area contributed by atoms with Gasteiger partial charge >= 0.3 is 0 Å². The zero-order valence-electron chi connectivity index (χ0n) is 11.3. The van der Waals surface area contributed by atoms with Crippen LogP contribution in [0.4, 0.5) is 4.39 Å². The minimum Gasteiger partial charge on any atom is -0.419 e. The second-order valence-electron chi connectivity index (χ2n) is 5.30. The minimum absolute atomic E-state index is 0.246. The highest BCUT2D eigenvalue weighted by Crippen LogP contribution is 2.29. The van der Waals surface area contributed by atoms with Crippen molar-refractivity contribution in [1.82, 2.24) is 15.5 Å². The third kappa shape index (κ3) is 2.40. The summed E-state index contributed by atoms with van der Waals surface area (Å²) in [6, 6.07) is 11.0. The molecule has 3 aromatic rings. The Kier molecular flexibility index (Phi) is 2.93. The zero-order valence-corrected chi connectivity index (χ0v) is 11.3. The number of hydrogen-bond acceptors (Lipinski definition) is 4. The van der Waals surface area contributed by atoms with Crippen LogP contribution in [0.1, 0.15) is 18.7 Å². The van der Waals surface area contributed by atoms with Crippen LogP contribution in [0.5, 0.6) is 0 Å². The molecule has 1 fully saturated rings. The molecule has 0 spiro atoms. The molecule has 0 atom stereocenters.